The molecule has 0 unspecified atom stereocenters. The average molecular weight is 490 g/mol. The van der Waals surface area contributed by atoms with E-state index in [1.165, 1.54) is 12.1 Å². The average Bonchev–Trinajstić information content (AvgIpc) is 3.26. The van der Waals surface area contributed by atoms with E-state index in [4.69, 9.17) is 0 Å². The summed E-state index contributed by atoms with van der Waals surface area (Å²) in [5, 5.41) is 12.5. The number of carbonyl (C=O) groups is 2. The number of nitro benzene ring substituents is 1. The number of aromatic nitrogens is 1. The number of nitrogens with one attached hydrogen (secondary N) is 1. The van der Waals surface area contributed by atoms with Gasteiger partial charge < -0.3 is 19.7 Å². The highest BCUT2D eigenvalue weighted by Gasteiger charge is 2.48. The quantitative estimate of drug-likeness (QED) is 0.385. The second kappa shape index (κ2) is 9.73. The highest BCUT2D eigenvalue weighted by Crippen LogP contribution is 2.43. The van der Waals surface area contributed by atoms with Gasteiger partial charge in [0.2, 0.25) is 11.8 Å². The number of para-hydroxylation sites is 1. The third kappa shape index (κ3) is 4.13. The van der Waals surface area contributed by atoms with E-state index in [2.05, 4.69) is 23.7 Å². The van der Waals surface area contributed by atoms with Gasteiger partial charge in [0.05, 0.1) is 17.5 Å². The summed E-state index contributed by atoms with van der Waals surface area (Å²) in [5.41, 5.74) is 3.33. The normalized spacial score (nSPS) is 19.6. The standard InChI is InChI=1S/C27H31N5O4/c1-3-29(4-2)13-8-14-30-17-24(33)31-23(27(30)34)16-21-20-11-5-6-12-22(20)28-25(21)26(31)18-9-7-10-19(15-18)32(35)36/h5-7,9-12,15,23,26,28H,3-4,8,13-14,16-17H2,1-2H3/t23-,26-/m0/s1. The van der Waals surface area contributed by atoms with Crippen molar-refractivity contribution in [2.24, 2.45) is 0 Å². The van der Waals surface area contributed by atoms with Crippen molar-refractivity contribution >= 4 is 28.4 Å². The largest absolute Gasteiger partial charge is 0.356 e. The van der Waals surface area contributed by atoms with Crippen LogP contribution in [-0.2, 0) is 16.0 Å². The molecule has 5 rings (SSSR count). The number of piperazine rings is 1. The lowest BCUT2D eigenvalue weighted by atomic mass is 9.86. The monoisotopic (exact) mass is 489 g/mol. The molecule has 1 aromatic heterocycles. The molecule has 9 heteroatoms. The fraction of sp³-hybridized carbons (Fsp3) is 0.407. The van der Waals surface area contributed by atoms with Gasteiger partial charge in [0.15, 0.2) is 0 Å². The molecule has 1 fully saturated rings. The number of non-ortho nitro benzene ring substituents is 1. The minimum atomic E-state index is -0.643. The van der Waals surface area contributed by atoms with Crippen molar-refractivity contribution in [1.82, 2.24) is 19.7 Å². The third-order valence-electron chi connectivity index (χ3n) is 7.54. The topological polar surface area (TPSA) is 103 Å². The molecule has 0 aliphatic carbocycles. The number of hydrogen-bond acceptors (Lipinski definition) is 5. The van der Waals surface area contributed by atoms with Gasteiger partial charge >= 0.3 is 0 Å². The molecule has 0 saturated carbocycles. The van der Waals surface area contributed by atoms with Gasteiger partial charge in [0.25, 0.3) is 5.69 Å². The lowest BCUT2D eigenvalue weighted by molar-refractivity contribution is -0.384. The van der Waals surface area contributed by atoms with E-state index in [0.29, 0.717) is 18.5 Å². The molecule has 2 aliphatic heterocycles. The zero-order chi connectivity index (χ0) is 25.4. The van der Waals surface area contributed by atoms with E-state index in [9.17, 15) is 19.7 Å². The van der Waals surface area contributed by atoms with Crippen LogP contribution in [0.15, 0.2) is 48.5 Å². The first-order chi connectivity index (χ1) is 17.4. The van der Waals surface area contributed by atoms with Crippen LogP contribution in [0.25, 0.3) is 10.9 Å². The van der Waals surface area contributed by atoms with Crippen LogP contribution in [0, 0.1) is 10.1 Å². The van der Waals surface area contributed by atoms with Gasteiger partial charge in [-0.15, -0.1) is 0 Å². The second-order valence-corrected chi connectivity index (χ2v) is 9.48. The molecular weight excluding hydrogens is 458 g/mol. The second-order valence-electron chi connectivity index (χ2n) is 9.48. The van der Waals surface area contributed by atoms with E-state index >= 15 is 0 Å². The minimum Gasteiger partial charge on any atom is -0.356 e. The van der Waals surface area contributed by atoms with Crippen LogP contribution in [0.4, 0.5) is 5.69 Å². The fourth-order valence-electron chi connectivity index (χ4n) is 5.69. The van der Waals surface area contributed by atoms with Gasteiger partial charge in [-0.05, 0) is 43.2 Å². The molecule has 1 N–H and O–H groups in total. The van der Waals surface area contributed by atoms with Crippen LogP contribution in [0.1, 0.15) is 43.1 Å². The zero-order valence-electron chi connectivity index (χ0n) is 20.6. The molecule has 1 saturated heterocycles. The molecule has 2 aromatic carbocycles. The molecule has 9 nitrogen and oxygen atoms in total. The van der Waals surface area contributed by atoms with Crippen molar-refractivity contribution in [3.8, 4) is 0 Å². The summed E-state index contributed by atoms with van der Waals surface area (Å²) in [6.07, 6.45) is 1.22. The lowest BCUT2D eigenvalue weighted by Crippen LogP contribution is -2.63. The molecule has 0 spiro atoms. The summed E-state index contributed by atoms with van der Waals surface area (Å²) in [6.45, 7) is 7.57. The number of carbonyl (C=O) groups excluding carboxylic acids is 2. The molecule has 2 amide bonds. The van der Waals surface area contributed by atoms with E-state index in [-0.39, 0.29) is 24.0 Å². The van der Waals surface area contributed by atoms with Crippen molar-refractivity contribution in [3.05, 3.63) is 75.5 Å². The highest BCUT2D eigenvalue weighted by atomic mass is 16.6. The van der Waals surface area contributed by atoms with Gasteiger partial charge in [0.1, 0.15) is 6.04 Å². The number of nitro groups is 1. The third-order valence-corrected chi connectivity index (χ3v) is 7.54. The summed E-state index contributed by atoms with van der Waals surface area (Å²) >= 11 is 0. The number of aromatic amines is 1. The summed E-state index contributed by atoms with van der Waals surface area (Å²) in [4.78, 5) is 47.5. The molecule has 3 aromatic rings. The SMILES string of the molecule is CCN(CC)CCCN1CC(=O)N2[C@@H](c3cccc([N+](=O)[O-])c3)c3[nH]c4ccccc4c3C[C@H]2C1=O. The van der Waals surface area contributed by atoms with Crippen LogP contribution in [0.5, 0.6) is 0 Å². The Morgan fingerprint density at radius 1 is 1.11 bits per heavy atom. The number of benzene rings is 2. The maximum Gasteiger partial charge on any atom is 0.269 e. The maximum atomic E-state index is 13.7. The van der Waals surface area contributed by atoms with Crippen molar-refractivity contribution in [3.63, 3.8) is 0 Å². The Bertz CT molecular complexity index is 1310. The predicted molar refractivity (Wildman–Crippen MR) is 137 cm³/mol. The number of nitrogens with zero attached hydrogens (tertiary/aromatic N) is 4. The van der Waals surface area contributed by atoms with E-state index in [1.807, 2.05) is 24.3 Å². The number of H-pyrrole nitrogens is 1. The smallest absolute Gasteiger partial charge is 0.269 e. The summed E-state index contributed by atoms with van der Waals surface area (Å²) < 4.78 is 0. The first kappa shape index (κ1) is 24.0. The van der Waals surface area contributed by atoms with Crippen LogP contribution in [0.3, 0.4) is 0 Å². The summed E-state index contributed by atoms with van der Waals surface area (Å²) in [6, 6.07) is 13.0. The van der Waals surface area contributed by atoms with Crippen molar-refractivity contribution < 1.29 is 14.5 Å². The first-order valence-corrected chi connectivity index (χ1v) is 12.6. The van der Waals surface area contributed by atoms with Crippen LogP contribution >= 0.6 is 0 Å². The molecule has 0 bridgehead atoms. The van der Waals surface area contributed by atoms with Crippen molar-refractivity contribution in [2.75, 3.05) is 32.7 Å². The van der Waals surface area contributed by atoms with Crippen LogP contribution in [-0.4, -0.2) is 75.2 Å². The van der Waals surface area contributed by atoms with Crippen molar-refractivity contribution in [1.29, 1.82) is 0 Å². The number of rotatable bonds is 8. The maximum absolute atomic E-state index is 13.7. The van der Waals surface area contributed by atoms with E-state index in [1.54, 1.807) is 21.9 Å². The summed E-state index contributed by atoms with van der Waals surface area (Å²) in [7, 11) is 0. The molecular formula is C27H31N5O4. The van der Waals surface area contributed by atoms with Gasteiger partial charge in [-0.3, -0.25) is 19.7 Å². The van der Waals surface area contributed by atoms with Gasteiger partial charge in [0, 0.05) is 41.7 Å². The molecule has 0 radical (unpaired) electrons. The van der Waals surface area contributed by atoms with E-state index < -0.39 is 17.0 Å². The zero-order valence-corrected chi connectivity index (χ0v) is 20.6. The first-order valence-electron chi connectivity index (χ1n) is 12.6. The fourth-order valence-corrected chi connectivity index (χ4v) is 5.69. The Labute approximate surface area is 209 Å². The predicted octanol–water partition coefficient (Wildman–Crippen LogP) is 3.49. The Balaban J connectivity index is 1.53. The molecule has 3 heterocycles. The number of fused-ring (bicyclic) bond motifs is 4. The Hall–Kier alpha value is -3.72. The number of amides is 2. The van der Waals surface area contributed by atoms with E-state index in [0.717, 1.165) is 48.2 Å². The molecule has 2 aliphatic rings. The molecule has 36 heavy (non-hydrogen) atoms. The Morgan fingerprint density at radius 3 is 2.64 bits per heavy atom. The lowest BCUT2D eigenvalue weighted by Gasteiger charge is -2.47. The van der Waals surface area contributed by atoms with Crippen molar-refractivity contribution in [2.45, 2.75) is 38.8 Å². The van der Waals surface area contributed by atoms with Gasteiger partial charge in [-0.2, -0.15) is 0 Å². The van der Waals surface area contributed by atoms with Crippen LogP contribution < -0.4 is 0 Å². The Kier molecular flexibility index (Phi) is 6.49. The molecule has 2 atom stereocenters. The molecule has 188 valence electrons. The highest BCUT2D eigenvalue weighted by molar-refractivity contribution is 5.97. The summed E-state index contributed by atoms with van der Waals surface area (Å²) in [5.74, 6) is -0.191. The number of hydrogen-bond donors (Lipinski definition) is 1. The van der Waals surface area contributed by atoms with Gasteiger partial charge in [-0.1, -0.05) is 44.2 Å². The minimum absolute atomic E-state index is 0.0224. The van der Waals surface area contributed by atoms with Crippen LogP contribution in [0.2, 0.25) is 0 Å². The Morgan fingerprint density at radius 2 is 1.89 bits per heavy atom. The van der Waals surface area contributed by atoms with Gasteiger partial charge in [-0.25, -0.2) is 0 Å².